The van der Waals surface area contributed by atoms with Gasteiger partial charge in [0.1, 0.15) is 16.4 Å². The summed E-state index contributed by atoms with van der Waals surface area (Å²) in [4.78, 5) is 4.75. The number of para-hydroxylation sites is 1. The minimum atomic E-state index is 0.119. The van der Waals surface area contributed by atoms with Crippen molar-refractivity contribution < 1.29 is 5.11 Å². The van der Waals surface area contributed by atoms with Crippen LogP contribution in [0, 0.1) is 13.8 Å². The normalized spacial score (nSPS) is 11.5. The summed E-state index contributed by atoms with van der Waals surface area (Å²) in [5, 5.41) is 19.0. The van der Waals surface area contributed by atoms with Gasteiger partial charge in [0.15, 0.2) is 0 Å². The van der Waals surface area contributed by atoms with Crippen molar-refractivity contribution in [1.82, 2.24) is 4.98 Å². The first-order valence-corrected chi connectivity index (χ1v) is 9.10. The minimum Gasteiger partial charge on any atom is -0.506 e. The number of nitrogens with zero attached hydrogens (tertiary/aromatic N) is 3. The Labute approximate surface area is 155 Å². The summed E-state index contributed by atoms with van der Waals surface area (Å²) in [5.41, 5.74) is 5.85. The summed E-state index contributed by atoms with van der Waals surface area (Å²) in [6.07, 6.45) is 0. The maximum Gasteiger partial charge on any atom is 0.143 e. The zero-order valence-electron chi connectivity index (χ0n) is 14.5. The number of rotatable bonds is 3. The maximum atomic E-state index is 9.73. The molecule has 0 saturated carbocycles. The molecule has 0 unspecified atom stereocenters. The van der Waals surface area contributed by atoms with E-state index in [9.17, 15) is 5.11 Å². The molecule has 0 atom stereocenters. The Balaban J connectivity index is 1.62. The van der Waals surface area contributed by atoms with Gasteiger partial charge >= 0.3 is 0 Å². The highest BCUT2D eigenvalue weighted by Crippen LogP contribution is 2.34. The summed E-state index contributed by atoms with van der Waals surface area (Å²) < 4.78 is 1.24. The van der Waals surface area contributed by atoms with Crippen LogP contribution in [0.1, 0.15) is 11.1 Å². The second-order valence-corrected chi connectivity index (χ2v) is 7.11. The zero-order valence-corrected chi connectivity index (χ0v) is 15.3. The third kappa shape index (κ3) is 3.09. The molecule has 0 saturated heterocycles. The number of fused-ring (bicyclic) bond motifs is 1. The van der Waals surface area contributed by atoms with E-state index in [1.807, 2.05) is 30.3 Å². The second-order valence-electron chi connectivity index (χ2n) is 6.11. The number of phenolic OH excluding ortho intramolecular Hbond substituents is 1. The van der Waals surface area contributed by atoms with Crippen LogP contribution in [0.2, 0.25) is 0 Å². The Hall–Kier alpha value is -3.05. The molecule has 0 spiro atoms. The number of hydrogen-bond acceptors (Lipinski definition) is 5. The number of aromatic hydroxyl groups is 1. The van der Waals surface area contributed by atoms with E-state index in [4.69, 9.17) is 4.98 Å². The van der Waals surface area contributed by atoms with Crippen LogP contribution >= 0.6 is 11.3 Å². The van der Waals surface area contributed by atoms with Crippen LogP contribution in [0.4, 0.5) is 11.4 Å². The van der Waals surface area contributed by atoms with E-state index < -0.39 is 0 Å². The number of thiazole rings is 1. The number of phenols is 1. The van der Waals surface area contributed by atoms with Gasteiger partial charge in [-0.2, -0.15) is 5.11 Å². The summed E-state index contributed by atoms with van der Waals surface area (Å²) in [6, 6.07) is 18.9. The molecule has 1 N–H and O–H groups in total. The molecule has 0 aliphatic carbocycles. The quantitative estimate of drug-likeness (QED) is 0.414. The van der Waals surface area contributed by atoms with Crippen molar-refractivity contribution >= 4 is 32.9 Å². The van der Waals surface area contributed by atoms with Crippen LogP contribution in [0.3, 0.4) is 0 Å². The SMILES string of the molecule is Cc1ccc2nc(-c3ccc(N=Nc4ccccc4O)cc3)sc2c1C. The number of hydrogen-bond donors (Lipinski definition) is 1. The molecule has 26 heavy (non-hydrogen) atoms. The van der Waals surface area contributed by atoms with Crippen molar-refractivity contribution in [2.75, 3.05) is 0 Å². The van der Waals surface area contributed by atoms with Gasteiger partial charge in [0.2, 0.25) is 0 Å². The average molecular weight is 359 g/mol. The van der Waals surface area contributed by atoms with Crippen molar-refractivity contribution in [2.24, 2.45) is 10.2 Å². The van der Waals surface area contributed by atoms with Gasteiger partial charge in [0.05, 0.1) is 15.9 Å². The lowest BCUT2D eigenvalue weighted by Crippen LogP contribution is -1.79. The van der Waals surface area contributed by atoms with E-state index >= 15 is 0 Å². The van der Waals surface area contributed by atoms with Gasteiger partial charge in [-0.1, -0.05) is 18.2 Å². The Morgan fingerprint density at radius 2 is 1.65 bits per heavy atom. The van der Waals surface area contributed by atoms with Crippen molar-refractivity contribution in [2.45, 2.75) is 13.8 Å². The molecule has 0 fully saturated rings. The molecule has 4 nitrogen and oxygen atoms in total. The highest BCUT2D eigenvalue weighted by atomic mass is 32.1. The van der Waals surface area contributed by atoms with Crippen LogP contribution in [-0.2, 0) is 0 Å². The lowest BCUT2D eigenvalue weighted by atomic mass is 10.1. The molecular weight excluding hydrogens is 342 g/mol. The second kappa shape index (κ2) is 6.69. The van der Waals surface area contributed by atoms with Crippen LogP contribution in [-0.4, -0.2) is 10.1 Å². The fourth-order valence-corrected chi connectivity index (χ4v) is 3.80. The number of azo groups is 1. The fraction of sp³-hybridized carbons (Fsp3) is 0.0952. The van der Waals surface area contributed by atoms with Gasteiger partial charge in [-0.15, -0.1) is 16.5 Å². The van der Waals surface area contributed by atoms with E-state index in [1.165, 1.54) is 15.8 Å². The van der Waals surface area contributed by atoms with Crippen molar-refractivity contribution in [1.29, 1.82) is 0 Å². The van der Waals surface area contributed by atoms with E-state index in [1.54, 1.807) is 29.5 Å². The smallest absolute Gasteiger partial charge is 0.143 e. The topological polar surface area (TPSA) is 57.8 Å². The van der Waals surface area contributed by atoms with Crippen LogP contribution in [0.25, 0.3) is 20.8 Å². The molecule has 0 amide bonds. The highest BCUT2D eigenvalue weighted by molar-refractivity contribution is 7.21. The lowest BCUT2D eigenvalue weighted by Gasteiger charge is -1.98. The largest absolute Gasteiger partial charge is 0.506 e. The Morgan fingerprint density at radius 3 is 2.42 bits per heavy atom. The summed E-state index contributed by atoms with van der Waals surface area (Å²) in [6.45, 7) is 4.26. The molecule has 3 aromatic carbocycles. The molecule has 4 rings (SSSR count). The van der Waals surface area contributed by atoms with E-state index in [-0.39, 0.29) is 5.75 Å². The Morgan fingerprint density at radius 1 is 0.885 bits per heavy atom. The van der Waals surface area contributed by atoms with Gasteiger partial charge in [0.25, 0.3) is 0 Å². The Bertz CT molecular complexity index is 1110. The first kappa shape index (κ1) is 16.4. The first-order chi connectivity index (χ1) is 12.6. The fourth-order valence-electron chi connectivity index (χ4n) is 2.68. The third-order valence-corrected chi connectivity index (χ3v) is 5.59. The van der Waals surface area contributed by atoms with E-state index in [2.05, 4.69) is 36.2 Å². The molecular formula is C21H17N3OS. The van der Waals surface area contributed by atoms with Gasteiger partial charge in [-0.3, -0.25) is 0 Å². The molecule has 0 radical (unpaired) electrons. The lowest BCUT2D eigenvalue weighted by molar-refractivity contribution is 0.476. The standard InChI is InChI=1S/C21H17N3OS/c1-13-7-12-18-20(14(13)2)26-21(22-18)15-8-10-16(11-9-15)23-24-17-5-3-4-6-19(17)25/h3-12,25H,1-2H3. The van der Waals surface area contributed by atoms with Gasteiger partial charge in [-0.25, -0.2) is 4.98 Å². The van der Waals surface area contributed by atoms with Gasteiger partial charge in [0, 0.05) is 5.56 Å². The summed E-state index contributed by atoms with van der Waals surface area (Å²) >= 11 is 1.71. The summed E-state index contributed by atoms with van der Waals surface area (Å²) in [5.74, 6) is 0.119. The van der Waals surface area contributed by atoms with Crippen LogP contribution < -0.4 is 0 Å². The van der Waals surface area contributed by atoms with E-state index in [0.717, 1.165) is 21.8 Å². The zero-order chi connectivity index (χ0) is 18.1. The minimum absolute atomic E-state index is 0.119. The molecule has 1 heterocycles. The van der Waals surface area contributed by atoms with Crippen molar-refractivity contribution in [3.63, 3.8) is 0 Å². The maximum absolute atomic E-state index is 9.73. The summed E-state index contributed by atoms with van der Waals surface area (Å²) in [7, 11) is 0. The predicted molar refractivity (Wildman–Crippen MR) is 107 cm³/mol. The molecule has 128 valence electrons. The average Bonchev–Trinajstić information content (AvgIpc) is 3.10. The van der Waals surface area contributed by atoms with Crippen molar-refractivity contribution in [3.05, 3.63) is 71.8 Å². The molecule has 0 aliphatic heterocycles. The van der Waals surface area contributed by atoms with Crippen molar-refractivity contribution in [3.8, 4) is 16.3 Å². The molecule has 1 aromatic heterocycles. The monoisotopic (exact) mass is 359 g/mol. The van der Waals surface area contributed by atoms with Gasteiger partial charge in [-0.05, 0) is 67.4 Å². The molecule has 0 aliphatic rings. The highest BCUT2D eigenvalue weighted by Gasteiger charge is 2.09. The molecule has 5 heteroatoms. The number of benzene rings is 3. The first-order valence-electron chi connectivity index (χ1n) is 8.29. The van der Waals surface area contributed by atoms with Gasteiger partial charge < -0.3 is 5.11 Å². The Kier molecular flexibility index (Phi) is 4.22. The number of aromatic nitrogens is 1. The molecule has 0 bridgehead atoms. The molecule has 4 aromatic rings. The van der Waals surface area contributed by atoms with E-state index in [0.29, 0.717) is 5.69 Å². The van der Waals surface area contributed by atoms with Crippen LogP contribution in [0.5, 0.6) is 5.75 Å². The predicted octanol–water partition coefficient (Wildman–Crippen LogP) is 6.70. The third-order valence-electron chi connectivity index (χ3n) is 4.35. The van der Waals surface area contributed by atoms with Crippen LogP contribution in [0.15, 0.2) is 70.9 Å². The number of aryl methyl sites for hydroxylation is 2.